The molecule has 16 heavy (non-hydrogen) atoms. The van der Waals surface area contributed by atoms with E-state index in [-0.39, 0.29) is 0 Å². The van der Waals surface area contributed by atoms with E-state index in [0.717, 1.165) is 30.2 Å². The van der Waals surface area contributed by atoms with Crippen molar-refractivity contribution < 1.29 is 0 Å². The van der Waals surface area contributed by atoms with Crippen LogP contribution in [-0.4, -0.2) is 12.6 Å². The van der Waals surface area contributed by atoms with Crippen LogP contribution in [0.15, 0.2) is 12.2 Å². The summed E-state index contributed by atoms with van der Waals surface area (Å²) in [5.74, 6) is 3.13. The predicted octanol–water partition coefficient (Wildman–Crippen LogP) is 3.76. The lowest BCUT2D eigenvalue weighted by molar-refractivity contribution is 0.401. The third-order valence-electron chi connectivity index (χ3n) is 4.60. The van der Waals surface area contributed by atoms with Crippen LogP contribution in [-0.2, 0) is 0 Å². The Labute approximate surface area is 101 Å². The van der Waals surface area contributed by atoms with Crippen molar-refractivity contribution in [2.24, 2.45) is 17.8 Å². The minimum absolute atomic E-state index is 0.739. The van der Waals surface area contributed by atoms with E-state index in [1.54, 1.807) is 0 Å². The Morgan fingerprint density at radius 2 is 2.00 bits per heavy atom. The molecule has 0 amide bonds. The molecule has 3 unspecified atom stereocenters. The van der Waals surface area contributed by atoms with Crippen LogP contribution >= 0.6 is 0 Å². The molecule has 0 spiro atoms. The zero-order valence-electron chi connectivity index (χ0n) is 11.0. The highest BCUT2D eigenvalue weighted by molar-refractivity contribution is 5.10. The minimum atomic E-state index is 0.739. The minimum Gasteiger partial charge on any atom is -0.313 e. The van der Waals surface area contributed by atoms with Gasteiger partial charge >= 0.3 is 0 Å². The SMILES string of the molecule is C=C(CC)CC(NCCC)C1C2CCCC21. The summed E-state index contributed by atoms with van der Waals surface area (Å²) in [6.45, 7) is 9.85. The highest BCUT2D eigenvalue weighted by atomic mass is 14.9. The molecule has 2 aliphatic rings. The summed E-state index contributed by atoms with van der Waals surface area (Å²) in [5, 5.41) is 3.76. The molecule has 0 aromatic rings. The van der Waals surface area contributed by atoms with Gasteiger partial charge in [-0.3, -0.25) is 0 Å². The first-order chi connectivity index (χ1) is 7.77. The predicted molar refractivity (Wildman–Crippen MR) is 70.5 cm³/mol. The van der Waals surface area contributed by atoms with Crippen LogP contribution in [0.4, 0.5) is 0 Å². The van der Waals surface area contributed by atoms with E-state index in [4.69, 9.17) is 0 Å². The number of nitrogens with one attached hydrogen (secondary N) is 1. The van der Waals surface area contributed by atoms with Crippen LogP contribution in [0.3, 0.4) is 0 Å². The smallest absolute Gasteiger partial charge is 0.0138 e. The van der Waals surface area contributed by atoms with Crippen LogP contribution in [0.2, 0.25) is 0 Å². The van der Waals surface area contributed by atoms with Gasteiger partial charge < -0.3 is 5.32 Å². The molecule has 1 heteroatoms. The summed E-state index contributed by atoms with van der Waals surface area (Å²) in [4.78, 5) is 0. The molecule has 0 aromatic heterocycles. The van der Waals surface area contributed by atoms with Gasteiger partial charge in [0.1, 0.15) is 0 Å². The van der Waals surface area contributed by atoms with Gasteiger partial charge in [0.25, 0.3) is 0 Å². The zero-order valence-corrected chi connectivity index (χ0v) is 11.0. The first-order valence-electron chi connectivity index (χ1n) is 7.18. The Hall–Kier alpha value is -0.300. The van der Waals surface area contributed by atoms with Crippen molar-refractivity contribution in [1.29, 1.82) is 0 Å². The van der Waals surface area contributed by atoms with Crippen molar-refractivity contribution in [1.82, 2.24) is 5.32 Å². The standard InChI is InChI=1S/C15H27N/c1-4-9-16-14(10-11(3)5-2)15-12-7-6-8-13(12)15/h12-16H,3-10H2,1-2H3. The van der Waals surface area contributed by atoms with Gasteiger partial charge in [0.15, 0.2) is 0 Å². The third-order valence-corrected chi connectivity index (χ3v) is 4.60. The van der Waals surface area contributed by atoms with E-state index >= 15 is 0 Å². The van der Waals surface area contributed by atoms with Gasteiger partial charge in [-0.15, -0.1) is 0 Å². The fourth-order valence-electron chi connectivity index (χ4n) is 3.60. The highest BCUT2D eigenvalue weighted by Crippen LogP contribution is 2.59. The van der Waals surface area contributed by atoms with Crippen LogP contribution in [0.5, 0.6) is 0 Å². The molecule has 2 saturated carbocycles. The van der Waals surface area contributed by atoms with E-state index in [1.807, 2.05) is 0 Å². The lowest BCUT2D eigenvalue weighted by Crippen LogP contribution is -2.33. The second kappa shape index (κ2) is 5.35. The average Bonchev–Trinajstić information content (AvgIpc) is 2.77. The van der Waals surface area contributed by atoms with Gasteiger partial charge in [-0.2, -0.15) is 0 Å². The first-order valence-corrected chi connectivity index (χ1v) is 7.18. The normalized spacial score (nSPS) is 33.5. The van der Waals surface area contributed by atoms with E-state index < -0.39 is 0 Å². The van der Waals surface area contributed by atoms with Crippen molar-refractivity contribution in [3.8, 4) is 0 Å². The van der Waals surface area contributed by atoms with Gasteiger partial charge in [0, 0.05) is 6.04 Å². The molecule has 0 aromatic carbocycles. The van der Waals surface area contributed by atoms with Crippen LogP contribution in [0.25, 0.3) is 0 Å². The molecular formula is C15H27N. The molecule has 0 bridgehead atoms. The maximum Gasteiger partial charge on any atom is 0.0138 e. The Morgan fingerprint density at radius 1 is 1.31 bits per heavy atom. The largest absolute Gasteiger partial charge is 0.313 e. The molecule has 2 aliphatic carbocycles. The quantitative estimate of drug-likeness (QED) is 0.646. The monoisotopic (exact) mass is 221 g/mol. The van der Waals surface area contributed by atoms with Crippen LogP contribution in [0.1, 0.15) is 52.4 Å². The molecule has 2 fully saturated rings. The molecule has 0 heterocycles. The van der Waals surface area contributed by atoms with E-state index in [1.165, 1.54) is 44.2 Å². The lowest BCUT2D eigenvalue weighted by atomic mass is 9.96. The van der Waals surface area contributed by atoms with E-state index in [0.29, 0.717) is 0 Å². The van der Waals surface area contributed by atoms with Crippen LogP contribution < -0.4 is 5.32 Å². The Kier molecular flexibility index (Phi) is 4.07. The summed E-state index contributed by atoms with van der Waals surface area (Å²) in [6.07, 6.45) is 8.09. The van der Waals surface area contributed by atoms with Crippen LogP contribution in [0, 0.1) is 17.8 Å². The van der Waals surface area contributed by atoms with Crippen molar-refractivity contribution >= 4 is 0 Å². The Bertz CT molecular complexity index is 236. The van der Waals surface area contributed by atoms with E-state index in [2.05, 4.69) is 25.7 Å². The molecule has 92 valence electrons. The molecule has 0 radical (unpaired) electrons. The Balaban J connectivity index is 1.85. The molecule has 0 aliphatic heterocycles. The molecule has 0 saturated heterocycles. The maximum absolute atomic E-state index is 4.19. The van der Waals surface area contributed by atoms with Crippen molar-refractivity contribution in [2.75, 3.05) is 6.54 Å². The molecule has 3 atom stereocenters. The summed E-state index contributed by atoms with van der Waals surface area (Å²) in [6, 6.07) is 0.739. The van der Waals surface area contributed by atoms with E-state index in [9.17, 15) is 0 Å². The highest BCUT2D eigenvalue weighted by Gasteiger charge is 2.55. The van der Waals surface area contributed by atoms with Gasteiger partial charge in [0.05, 0.1) is 0 Å². The second-order valence-electron chi connectivity index (χ2n) is 5.70. The van der Waals surface area contributed by atoms with Gasteiger partial charge in [-0.25, -0.2) is 0 Å². The van der Waals surface area contributed by atoms with Gasteiger partial charge in [-0.05, 0) is 56.4 Å². The summed E-state index contributed by atoms with van der Waals surface area (Å²) in [7, 11) is 0. The maximum atomic E-state index is 4.19. The molecule has 1 nitrogen and oxygen atoms in total. The number of hydrogen-bond acceptors (Lipinski definition) is 1. The van der Waals surface area contributed by atoms with Crippen molar-refractivity contribution in [3.05, 3.63) is 12.2 Å². The molecule has 1 N–H and O–H groups in total. The average molecular weight is 221 g/mol. The molecular weight excluding hydrogens is 194 g/mol. The fourth-order valence-corrected chi connectivity index (χ4v) is 3.60. The summed E-state index contributed by atoms with van der Waals surface area (Å²) < 4.78 is 0. The summed E-state index contributed by atoms with van der Waals surface area (Å²) >= 11 is 0. The first kappa shape index (κ1) is 12.2. The van der Waals surface area contributed by atoms with Crippen molar-refractivity contribution in [3.63, 3.8) is 0 Å². The number of fused-ring (bicyclic) bond motifs is 1. The summed E-state index contributed by atoms with van der Waals surface area (Å²) in [5.41, 5.74) is 1.43. The third kappa shape index (κ3) is 2.51. The fraction of sp³-hybridized carbons (Fsp3) is 0.867. The zero-order chi connectivity index (χ0) is 11.5. The number of hydrogen-bond donors (Lipinski definition) is 1. The Morgan fingerprint density at radius 3 is 2.56 bits per heavy atom. The second-order valence-corrected chi connectivity index (χ2v) is 5.70. The molecule has 2 rings (SSSR count). The topological polar surface area (TPSA) is 12.0 Å². The van der Waals surface area contributed by atoms with Gasteiger partial charge in [-0.1, -0.05) is 32.4 Å². The van der Waals surface area contributed by atoms with Crippen molar-refractivity contribution in [2.45, 2.75) is 58.4 Å². The van der Waals surface area contributed by atoms with Gasteiger partial charge in [0.2, 0.25) is 0 Å². The number of rotatable bonds is 7. The lowest BCUT2D eigenvalue weighted by Gasteiger charge is -2.21.